The normalized spacial score (nSPS) is 23.4. The van der Waals surface area contributed by atoms with E-state index in [0.29, 0.717) is 6.42 Å². The van der Waals surface area contributed by atoms with Gasteiger partial charge >= 0.3 is 0 Å². The Labute approximate surface area is 108 Å². The zero-order chi connectivity index (χ0) is 14.0. The predicted octanol–water partition coefficient (Wildman–Crippen LogP) is 3.99. The molecule has 1 aliphatic carbocycles. The molecule has 2 atom stereocenters. The Kier molecular flexibility index (Phi) is 4.27. The number of aromatic nitrogens is 1. The van der Waals surface area contributed by atoms with Crippen LogP contribution in [0.2, 0.25) is 0 Å². The first-order valence-electron chi connectivity index (χ1n) is 6.41. The molecule has 1 aromatic heterocycles. The van der Waals surface area contributed by atoms with Crippen molar-refractivity contribution in [3.63, 3.8) is 0 Å². The highest BCUT2D eigenvalue weighted by Gasteiger charge is 2.30. The maximum Gasteiger partial charge on any atom is 0.255 e. The third-order valence-electron chi connectivity index (χ3n) is 3.59. The zero-order valence-corrected chi connectivity index (χ0v) is 10.6. The largest absolute Gasteiger partial charge is 0.484 e. The lowest BCUT2D eigenvalue weighted by Crippen LogP contribution is -2.30. The van der Waals surface area contributed by atoms with E-state index in [-0.39, 0.29) is 5.92 Å². The molecular formula is C13H15F4NO. The molecule has 1 heterocycles. The number of hydrogen-bond donors (Lipinski definition) is 0. The number of pyridine rings is 1. The Morgan fingerprint density at radius 2 is 1.63 bits per heavy atom. The fourth-order valence-electron chi connectivity index (χ4n) is 2.52. The van der Waals surface area contributed by atoms with Crippen molar-refractivity contribution in [3.8, 4) is 5.75 Å². The van der Waals surface area contributed by atoms with Crippen molar-refractivity contribution in [1.82, 2.24) is 4.98 Å². The Morgan fingerprint density at radius 1 is 1.05 bits per heavy atom. The second-order valence-corrected chi connectivity index (χ2v) is 4.76. The summed E-state index contributed by atoms with van der Waals surface area (Å²) in [6, 6.07) is 0. The van der Waals surface area contributed by atoms with Crippen molar-refractivity contribution in [3.05, 3.63) is 23.5 Å². The topological polar surface area (TPSA) is 22.1 Å². The molecule has 0 radical (unpaired) electrons. The number of halogens is 4. The third-order valence-corrected chi connectivity index (χ3v) is 3.59. The first-order chi connectivity index (χ1) is 9.04. The van der Waals surface area contributed by atoms with E-state index in [4.69, 9.17) is 4.74 Å². The number of ether oxygens (including phenoxy) is 1. The molecule has 1 fully saturated rings. The summed E-state index contributed by atoms with van der Waals surface area (Å²) in [5, 5.41) is 0. The molecule has 0 aromatic carbocycles. The summed E-state index contributed by atoms with van der Waals surface area (Å²) in [6.45, 7) is 1.95. The standard InChI is InChI=1S/C13H15F4NO/c1-2-7-5-3-4-6-8(7)19-11-9(14)12(16)18-13(17)10(11)15/h7-8H,2-6H2,1H3. The van der Waals surface area contributed by atoms with Gasteiger partial charge in [0.1, 0.15) is 6.10 Å². The van der Waals surface area contributed by atoms with Crippen molar-refractivity contribution in [1.29, 1.82) is 0 Å². The van der Waals surface area contributed by atoms with Crippen LogP contribution >= 0.6 is 0 Å². The van der Waals surface area contributed by atoms with Crippen LogP contribution in [0.4, 0.5) is 17.6 Å². The van der Waals surface area contributed by atoms with Crippen LogP contribution in [0.15, 0.2) is 0 Å². The van der Waals surface area contributed by atoms with Crippen LogP contribution in [0.1, 0.15) is 39.0 Å². The van der Waals surface area contributed by atoms with E-state index in [9.17, 15) is 17.6 Å². The van der Waals surface area contributed by atoms with E-state index in [1.807, 2.05) is 6.92 Å². The maximum absolute atomic E-state index is 13.5. The van der Waals surface area contributed by atoms with Crippen molar-refractivity contribution in [2.24, 2.45) is 5.92 Å². The van der Waals surface area contributed by atoms with Crippen molar-refractivity contribution in [2.45, 2.75) is 45.1 Å². The van der Waals surface area contributed by atoms with Crippen LogP contribution in [0.25, 0.3) is 0 Å². The van der Waals surface area contributed by atoms with E-state index in [1.54, 1.807) is 0 Å². The average Bonchev–Trinajstić information content (AvgIpc) is 2.42. The predicted molar refractivity (Wildman–Crippen MR) is 60.7 cm³/mol. The molecule has 0 N–H and O–H groups in total. The highest BCUT2D eigenvalue weighted by Crippen LogP contribution is 2.33. The summed E-state index contributed by atoms with van der Waals surface area (Å²) in [5.41, 5.74) is 0. The van der Waals surface area contributed by atoms with Crippen LogP contribution in [-0.4, -0.2) is 11.1 Å². The smallest absolute Gasteiger partial charge is 0.255 e. The van der Waals surface area contributed by atoms with Crippen molar-refractivity contribution >= 4 is 0 Å². The lowest BCUT2D eigenvalue weighted by atomic mass is 9.85. The molecule has 1 saturated carbocycles. The van der Waals surface area contributed by atoms with Gasteiger partial charge in [0.25, 0.3) is 11.9 Å². The fourth-order valence-corrected chi connectivity index (χ4v) is 2.52. The van der Waals surface area contributed by atoms with Gasteiger partial charge in [0, 0.05) is 0 Å². The number of hydrogen-bond acceptors (Lipinski definition) is 2. The van der Waals surface area contributed by atoms with Gasteiger partial charge in [-0.25, -0.2) is 0 Å². The molecule has 1 aromatic rings. The molecule has 2 rings (SSSR count). The molecule has 2 unspecified atom stereocenters. The Hall–Kier alpha value is -1.33. The minimum absolute atomic E-state index is 0.145. The molecule has 0 bridgehead atoms. The van der Waals surface area contributed by atoms with Crippen molar-refractivity contribution in [2.75, 3.05) is 0 Å². The SMILES string of the molecule is CCC1CCCCC1Oc1c(F)c(F)nc(F)c1F. The van der Waals surface area contributed by atoms with Gasteiger partial charge < -0.3 is 4.74 Å². The van der Waals surface area contributed by atoms with Crippen LogP contribution in [0.3, 0.4) is 0 Å². The van der Waals surface area contributed by atoms with Gasteiger partial charge in [-0.2, -0.15) is 22.5 Å². The van der Waals surface area contributed by atoms with Crippen molar-refractivity contribution < 1.29 is 22.3 Å². The van der Waals surface area contributed by atoms with Gasteiger partial charge in [-0.05, 0) is 31.6 Å². The lowest BCUT2D eigenvalue weighted by molar-refractivity contribution is 0.0792. The third kappa shape index (κ3) is 2.82. The number of rotatable bonds is 3. The van der Waals surface area contributed by atoms with Gasteiger partial charge in [0.05, 0.1) is 0 Å². The van der Waals surface area contributed by atoms with Gasteiger partial charge in [-0.15, -0.1) is 0 Å². The second-order valence-electron chi connectivity index (χ2n) is 4.76. The van der Waals surface area contributed by atoms with E-state index in [1.165, 1.54) is 0 Å². The van der Waals surface area contributed by atoms with Gasteiger partial charge in [0.2, 0.25) is 17.4 Å². The molecule has 1 aliphatic rings. The monoisotopic (exact) mass is 277 g/mol. The highest BCUT2D eigenvalue weighted by atomic mass is 19.2. The fraction of sp³-hybridized carbons (Fsp3) is 0.615. The van der Waals surface area contributed by atoms with E-state index in [0.717, 1.165) is 25.7 Å². The van der Waals surface area contributed by atoms with Gasteiger partial charge in [0.15, 0.2) is 0 Å². The number of nitrogens with zero attached hydrogens (tertiary/aromatic N) is 1. The molecule has 0 saturated heterocycles. The molecule has 6 heteroatoms. The Balaban J connectivity index is 2.27. The second kappa shape index (κ2) is 5.75. The van der Waals surface area contributed by atoms with Crippen LogP contribution in [0.5, 0.6) is 5.75 Å². The molecule has 0 aliphatic heterocycles. The lowest BCUT2D eigenvalue weighted by Gasteiger charge is -2.31. The quantitative estimate of drug-likeness (QED) is 0.615. The first-order valence-corrected chi connectivity index (χ1v) is 6.41. The summed E-state index contributed by atoms with van der Waals surface area (Å²) in [7, 11) is 0. The summed E-state index contributed by atoms with van der Waals surface area (Å²) in [4.78, 5) is 2.50. The van der Waals surface area contributed by atoms with E-state index >= 15 is 0 Å². The van der Waals surface area contributed by atoms with Gasteiger partial charge in [-0.1, -0.05) is 13.3 Å². The summed E-state index contributed by atoms with van der Waals surface area (Å²) in [5.74, 6) is -7.35. The molecule has 0 spiro atoms. The Bertz CT molecular complexity index is 440. The summed E-state index contributed by atoms with van der Waals surface area (Å²) in [6.07, 6.45) is 3.81. The van der Waals surface area contributed by atoms with Crippen LogP contribution in [-0.2, 0) is 0 Å². The average molecular weight is 277 g/mol. The molecule has 19 heavy (non-hydrogen) atoms. The zero-order valence-electron chi connectivity index (χ0n) is 10.6. The highest BCUT2D eigenvalue weighted by molar-refractivity contribution is 5.24. The summed E-state index contributed by atoms with van der Waals surface area (Å²) < 4.78 is 58.1. The molecular weight excluding hydrogens is 262 g/mol. The maximum atomic E-state index is 13.5. The minimum Gasteiger partial charge on any atom is -0.484 e. The Morgan fingerprint density at radius 3 is 2.21 bits per heavy atom. The van der Waals surface area contributed by atoms with Crippen LogP contribution < -0.4 is 4.74 Å². The first kappa shape index (κ1) is 14.1. The van der Waals surface area contributed by atoms with E-state index < -0.39 is 35.4 Å². The minimum atomic E-state index is -1.68. The van der Waals surface area contributed by atoms with E-state index in [2.05, 4.69) is 4.98 Å². The van der Waals surface area contributed by atoms with Crippen LogP contribution in [0, 0.1) is 29.4 Å². The molecule has 2 nitrogen and oxygen atoms in total. The summed E-state index contributed by atoms with van der Waals surface area (Å²) >= 11 is 0. The molecule has 0 amide bonds. The molecule has 106 valence electrons. The van der Waals surface area contributed by atoms with Gasteiger partial charge in [-0.3, -0.25) is 0 Å².